The number of rotatable bonds is 6. The van der Waals surface area contributed by atoms with Crippen molar-refractivity contribution in [2.75, 3.05) is 31.7 Å². The van der Waals surface area contributed by atoms with Gasteiger partial charge in [0, 0.05) is 18.3 Å². The Bertz CT molecular complexity index is 438. The van der Waals surface area contributed by atoms with Crippen molar-refractivity contribution in [1.82, 2.24) is 4.90 Å². The minimum atomic E-state index is 0.651. The molecule has 1 aliphatic rings. The Morgan fingerprint density at radius 1 is 1.53 bits per heavy atom. The normalized spacial score (nSPS) is 18.5. The fraction of sp³-hybridized carbons (Fsp3) is 0.533. The molecule has 19 heavy (non-hydrogen) atoms. The third-order valence-corrected chi connectivity index (χ3v) is 4.56. The third kappa shape index (κ3) is 4.45. The topological polar surface area (TPSA) is 36.3 Å². The lowest BCUT2D eigenvalue weighted by Crippen LogP contribution is -2.32. The van der Waals surface area contributed by atoms with Gasteiger partial charge in [-0.05, 0) is 43.8 Å². The summed E-state index contributed by atoms with van der Waals surface area (Å²) in [4.78, 5) is 2.44. The molecule has 1 unspecified atom stereocenters. The predicted octanol–water partition coefficient (Wildman–Crippen LogP) is 2.76. The molecule has 0 saturated carbocycles. The zero-order valence-electron chi connectivity index (χ0n) is 11.3. The first-order valence-electron chi connectivity index (χ1n) is 6.70. The molecule has 1 heterocycles. The summed E-state index contributed by atoms with van der Waals surface area (Å²) < 4.78 is 5.68. The maximum atomic E-state index is 8.81. The second-order valence-corrected chi connectivity index (χ2v) is 5.99. The maximum absolute atomic E-state index is 8.81. The summed E-state index contributed by atoms with van der Waals surface area (Å²) >= 11 is 2.05. The molecule has 0 N–H and O–H groups in total. The van der Waals surface area contributed by atoms with Crippen molar-refractivity contribution in [2.45, 2.75) is 18.9 Å². The van der Waals surface area contributed by atoms with E-state index in [1.807, 2.05) is 23.9 Å². The number of nitriles is 1. The summed E-state index contributed by atoms with van der Waals surface area (Å²) in [6.45, 7) is 1.78. The molecule has 0 spiro atoms. The van der Waals surface area contributed by atoms with E-state index in [0.717, 1.165) is 24.8 Å². The summed E-state index contributed by atoms with van der Waals surface area (Å²) in [5, 5.41) is 8.81. The van der Waals surface area contributed by atoms with Gasteiger partial charge in [0.2, 0.25) is 0 Å². The smallest absolute Gasteiger partial charge is 0.120 e. The summed E-state index contributed by atoms with van der Waals surface area (Å²) in [5.74, 6) is 3.35. The average molecular weight is 276 g/mol. The minimum Gasteiger partial charge on any atom is -0.494 e. The van der Waals surface area contributed by atoms with Crippen LogP contribution in [0.25, 0.3) is 0 Å². The summed E-state index contributed by atoms with van der Waals surface area (Å²) in [7, 11) is 2.20. The lowest BCUT2D eigenvalue weighted by atomic mass is 10.2. The Morgan fingerprint density at radius 3 is 3.16 bits per heavy atom. The second kappa shape index (κ2) is 7.42. The molecule has 2 rings (SSSR count). The van der Waals surface area contributed by atoms with Crippen LogP contribution in [0, 0.1) is 11.3 Å². The number of ether oxygens (including phenoxy) is 1. The first-order valence-corrected chi connectivity index (χ1v) is 7.86. The summed E-state index contributed by atoms with van der Waals surface area (Å²) in [5.41, 5.74) is 0.651. The molecule has 3 nitrogen and oxygen atoms in total. The molecule has 0 aliphatic carbocycles. The lowest BCUT2D eigenvalue weighted by molar-refractivity contribution is 0.227. The number of nitrogens with zero attached hydrogens (tertiary/aromatic N) is 2. The fourth-order valence-corrected chi connectivity index (χ4v) is 3.51. The Hall–Kier alpha value is -1.18. The van der Waals surface area contributed by atoms with E-state index in [0.29, 0.717) is 12.2 Å². The molecule has 1 atom stereocenters. The van der Waals surface area contributed by atoms with Crippen molar-refractivity contribution in [1.29, 1.82) is 5.26 Å². The van der Waals surface area contributed by atoms with Crippen LogP contribution in [0.1, 0.15) is 18.4 Å². The number of benzene rings is 1. The highest BCUT2D eigenvalue weighted by Crippen LogP contribution is 2.21. The van der Waals surface area contributed by atoms with Gasteiger partial charge in [-0.3, -0.25) is 0 Å². The third-order valence-electron chi connectivity index (χ3n) is 3.42. The van der Waals surface area contributed by atoms with E-state index in [1.54, 1.807) is 12.1 Å². The Balaban J connectivity index is 1.67. The van der Waals surface area contributed by atoms with E-state index in [9.17, 15) is 0 Å². The largest absolute Gasteiger partial charge is 0.494 e. The van der Waals surface area contributed by atoms with Crippen molar-refractivity contribution in [3.8, 4) is 11.8 Å². The predicted molar refractivity (Wildman–Crippen MR) is 79.6 cm³/mol. The second-order valence-electron chi connectivity index (χ2n) is 4.84. The molecule has 4 heteroatoms. The summed E-state index contributed by atoms with van der Waals surface area (Å²) in [6, 6.07) is 10.2. The number of hydrogen-bond acceptors (Lipinski definition) is 4. The highest BCUT2D eigenvalue weighted by molar-refractivity contribution is 7.99. The van der Waals surface area contributed by atoms with Gasteiger partial charge in [0.15, 0.2) is 0 Å². The maximum Gasteiger partial charge on any atom is 0.120 e. The lowest BCUT2D eigenvalue weighted by Gasteiger charge is -2.23. The highest BCUT2D eigenvalue weighted by Gasteiger charge is 2.19. The SMILES string of the molecule is CN(CCCOc1cccc(C#N)c1)C1CCSC1. The first-order chi connectivity index (χ1) is 9.29. The zero-order valence-corrected chi connectivity index (χ0v) is 12.2. The van der Waals surface area contributed by atoms with E-state index in [-0.39, 0.29) is 0 Å². The van der Waals surface area contributed by atoms with Crippen LogP contribution >= 0.6 is 11.8 Å². The monoisotopic (exact) mass is 276 g/mol. The molecule has 0 aromatic heterocycles. The van der Waals surface area contributed by atoms with Gasteiger partial charge in [0.25, 0.3) is 0 Å². The molecule has 1 fully saturated rings. The van der Waals surface area contributed by atoms with Crippen molar-refractivity contribution >= 4 is 11.8 Å². The van der Waals surface area contributed by atoms with Crippen LogP contribution in [0.15, 0.2) is 24.3 Å². The average Bonchev–Trinajstić information content (AvgIpc) is 2.98. The van der Waals surface area contributed by atoms with Gasteiger partial charge in [0.05, 0.1) is 18.2 Å². The molecule has 0 amide bonds. The number of thioether (sulfide) groups is 1. The van der Waals surface area contributed by atoms with Crippen molar-refractivity contribution in [2.24, 2.45) is 0 Å². The van der Waals surface area contributed by atoms with E-state index in [1.165, 1.54) is 17.9 Å². The molecule has 1 aromatic carbocycles. The Kier molecular flexibility index (Phi) is 5.56. The van der Waals surface area contributed by atoms with Crippen LogP contribution in [-0.4, -0.2) is 42.6 Å². The van der Waals surface area contributed by atoms with E-state index >= 15 is 0 Å². The summed E-state index contributed by atoms with van der Waals surface area (Å²) in [6.07, 6.45) is 2.33. The quantitative estimate of drug-likeness (QED) is 0.749. The van der Waals surface area contributed by atoms with Crippen LogP contribution in [0.5, 0.6) is 5.75 Å². The molecular formula is C15H20N2OS. The Morgan fingerprint density at radius 2 is 2.42 bits per heavy atom. The fourth-order valence-electron chi connectivity index (χ4n) is 2.21. The van der Waals surface area contributed by atoms with Crippen LogP contribution < -0.4 is 4.74 Å². The molecule has 0 radical (unpaired) electrons. The molecule has 1 aromatic rings. The van der Waals surface area contributed by atoms with Gasteiger partial charge in [-0.15, -0.1) is 0 Å². The molecule has 102 valence electrons. The zero-order chi connectivity index (χ0) is 13.5. The molecule has 1 saturated heterocycles. The van der Waals surface area contributed by atoms with Gasteiger partial charge in [-0.1, -0.05) is 6.07 Å². The van der Waals surface area contributed by atoms with Crippen LogP contribution in [0.3, 0.4) is 0 Å². The van der Waals surface area contributed by atoms with Crippen molar-refractivity contribution in [3.05, 3.63) is 29.8 Å². The first kappa shape index (κ1) is 14.2. The standard InChI is InChI=1S/C15H20N2OS/c1-17(14-6-9-19-12-14)7-3-8-18-15-5-2-4-13(10-15)11-16/h2,4-5,10,14H,3,6-9,12H2,1H3. The van der Waals surface area contributed by atoms with E-state index in [2.05, 4.69) is 18.0 Å². The van der Waals surface area contributed by atoms with Crippen LogP contribution in [0.2, 0.25) is 0 Å². The highest BCUT2D eigenvalue weighted by atomic mass is 32.2. The van der Waals surface area contributed by atoms with Gasteiger partial charge in [0.1, 0.15) is 5.75 Å². The number of hydrogen-bond donors (Lipinski definition) is 0. The van der Waals surface area contributed by atoms with Crippen molar-refractivity contribution in [3.63, 3.8) is 0 Å². The van der Waals surface area contributed by atoms with Gasteiger partial charge < -0.3 is 9.64 Å². The van der Waals surface area contributed by atoms with Crippen LogP contribution in [-0.2, 0) is 0 Å². The minimum absolute atomic E-state index is 0.651. The van der Waals surface area contributed by atoms with Crippen molar-refractivity contribution < 1.29 is 4.74 Å². The van der Waals surface area contributed by atoms with Crippen LogP contribution in [0.4, 0.5) is 0 Å². The Labute approximate surface area is 119 Å². The van der Waals surface area contributed by atoms with E-state index in [4.69, 9.17) is 10.00 Å². The molecule has 0 bridgehead atoms. The molecule has 1 aliphatic heterocycles. The van der Waals surface area contributed by atoms with Gasteiger partial charge >= 0.3 is 0 Å². The van der Waals surface area contributed by atoms with Gasteiger partial charge in [-0.2, -0.15) is 17.0 Å². The van der Waals surface area contributed by atoms with Gasteiger partial charge in [-0.25, -0.2) is 0 Å². The molecular weight excluding hydrogens is 256 g/mol. The van der Waals surface area contributed by atoms with E-state index < -0.39 is 0 Å².